The number of rotatable bonds is 6. The van der Waals surface area contributed by atoms with Crippen molar-refractivity contribution in [3.8, 4) is 0 Å². The Hall–Kier alpha value is -1.89. The number of carbonyl (C=O) groups is 1. The van der Waals surface area contributed by atoms with Crippen molar-refractivity contribution in [1.29, 1.82) is 0 Å². The molecular weight excluding hydrogens is 288 g/mol. The fourth-order valence-electron chi connectivity index (χ4n) is 1.85. The van der Waals surface area contributed by atoms with E-state index >= 15 is 0 Å². The second-order valence-corrected chi connectivity index (χ2v) is 5.74. The molecule has 0 aliphatic heterocycles. The Morgan fingerprint density at radius 3 is 2.90 bits per heavy atom. The van der Waals surface area contributed by atoms with Gasteiger partial charge >= 0.3 is 0 Å². The Bertz CT molecular complexity index is 615. The third-order valence-corrected chi connectivity index (χ3v) is 3.68. The fraction of sp³-hybridized carbons (Fsp3) is 0.429. The zero-order valence-corrected chi connectivity index (χ0v) is 13.1. The zero-order chi connectivity index (χ0) is 15.2. The third kappa shape index (κ3) is 4.86. The molecule has 2 heterocycles. The maximum atomic E-state index is 11.9. The van der Waals surface area contributed by atoms with Crippen molar-refractivity contribution in [1.82, 2.24) is 20.5 Å². The van der Waals surface area contributed by atoms with Crippen molar-refractivity contribution in [2.24, 2.45) is 0 Å². The molecule has 1 amide bonds. The molecule has 1 N–H and O–H groups in total. The standard InChI is InChI=1S/C14H18N4O2S/c1-9-5-4-6-15-12(9)7-10(2)16-13(19)8-21-14-18-17-11(3)20-14/h4-6,10H,7-8H2,1-3H3,(H,16,19)/t10-/m0/s1. The van der Waals surface area contributed by atoms with Crippen LogP contribution in [0.5, 0.6) is 0 Å². The van der Waals surface area contributed by atoms with Crippen molar-refractivity contribution in [2.75, 3.05) is 5.75 Å². The van der Waals surface area contributed by atoms with E-state index in [1.807, 2.05) is 26.0 Å². The van der Waals surface area contributed by atoms with Crippen LogP contribution in [0, 0.1) is 13.8 Å². The highest BCUT2D eigenvalue weighted by Crippen LogP contribution is 2.15. The molecule has 2 aromatic heterocycles. The van der Waals surface area contributed by atoms with Crippen LogP contribution in [0.15, 0.2) is 28.0 Å². The molecule has 6 nitrogen and oxygen atoms in total. The molecule has 2 rings (SSSR count). The van der Waals surface area contributed by atoms with Crippen molar-refractivity contribution in [2.45, 2.75) is 38.5 Å². The summed E-state index contributed by atoms with van der Waals surface area (Å²) in [7, 11) is 0. The lowest BCUT2D eigenvalue weighted by Crippen LogP contribution is -2.35. The van der Waals surface area contributed by atoms with E-state index < -0.39 is 0 Å². The van der Waals surface area contributed by atoms with E-state index in [-0.39, 0.29) is 17.7 Å². The van der Waals surface area contributed by atoms with Crippen LogP contribution in [-0.2, 0) is 11.2 Å². The minimum atomic E-state index is -0.0584. The summed E-state index contributed by atoms with van der Waals surface area (Å²) in [6.45, 7) is 5.70. The van der Waals surface area contributed by atoms with Crippen LogP contribution in [0.25, 0.3) is 0 Å². The average molecular weight is 306 g/mol. The van der Waals surface area contributed by atoms with Gasteiger partial charge in [-0.15, -0.1) is 10.2 Å². The van der Waals surface area contributed by atoms with E-state index in [0.29, 0.717) is 17.5 Å². The molecule has 0 bridgehead atoms. The highest BCUT2D eigenvalue weighted by atomic mass is 32.2. The van der Waals surface area contributed by atoms with Gasteiger partial charge in [0.25, 0.3) is 5.22 Å². The van der Waals surface area contributed by atoms with Crippen LogP contribution in [-0.4, -0.2) is 32.9 Å². The van der Waals surface area contributed by atoms with Gasteiger partial charge in [-0.25, -0.2) is 0 Å². The van der Waals surface area contributed by atoms with Gasteiger partial charge in [-0.05, 0) is 25.5 Å². The third-order valence-electron chi connectivity index (χ3n) is 2.86. The average Bonchev–Trinajstić information content (AvgIpc) is 2.85. The molecule has 0 unspecified atom stereocenters. The van der Waals surface area contributed by atoms with Gasteiger partial charge < -0.3 is 9.73 Å². The molecule has 0 aliphatic rings. The number of nitrogens with one attached hydrogen (secondary N) is 1. The molecule has 0 aromatic carbocycles. The lowest BCUT2D eigenvalue weighted by atomic mass is 10.1. The van der Waals surface area contributed by atoms with Crippen molar-refractivity contribution in [3.63, 3.8) is 0 Å². The number of thioether (sulfide) groups is 1. The van der Waals surface area contributed by atoms with E-state index in [4.69, 9.17) is 4.42 Å². The largest absolute Gasteiger partial charge is 0.416 e. The van der Waals surface area contributed by atoms with Crippen molar-refractivity contribution in [3.05, 3.63) is 35.5 Å². The number of amides is 1. The molecular formula is C14H18N4O2S. The molecule has 0 aliphatic carbocycles. The summed E-state index contributed by atoms with van der Waals surface area (Å²) < 4.78 is 5.20. The first-order valence-corrected chi connectivity index (χ1v) is 7.66. The fourth-order valence-corrected chi connectivity index (χ4v) is 2.47. The first kappa shape index (κ1) is 15.5. The first-order chi connectivity index (χ1) is 10.0. The molecule has 0 saturated carbocycles. The zero-order valence-electron chi connectivity index (χ0n) is 12.3. The van der Waals surface area contributed by atoms with Gasteiger partial charge in [0.15, 0.2) is 0 Å². The molecule has 21 heavy (non-hydrogen) atoms. The van der Waals surface area contributed by atoms with Gasteiger partial charge in [-0.2, -0.15) is 0 Å². The van der Waals surface area contributed by atoms with Crippen LogP contribution in [0.3, 0.4) is 0 Å². The maximum absolute atomic E-state index is 11.9. The number of carbonyl (C=O) groups excluding carboxylic acids is 1. The summed E-state index contributed by atoms with van der Waals surface area (Å²) in [5.41, 5.74) is 2.14. The molecule has 0 radical (unpaired) electrons. The minimum absolute atomic E-state index is 0.0242. The highest BCUT2D eigenvalue weighted by molar-refractivity contribution is 7.99. The van der Waals surface area contributed by atoms with Crippen LogP contribution in [0.2, 0.25) is 0 Å². The highest BCUT2D eigenvalue weighted by Gasteiger charge is 2.12. The van der Waals surface area contributed by atoms with E-state index in [9.17, 15) is 4.79 Å². The number of aromatic nitrogens is 3. The van der Waals surface area contributed by atoms with Crippen LogP contribution in [0.1, 0.15) is 24.1 Å². The molecule has 1 atom stereocenters. The second-order valence-electron chi connectivity index (χ2n) is 4.82. The Labute approximate surface area is 127 Å². The Kier molecular flexibility index (Phi) is 5.32. The van der Waals surface area contributed by atoms with Gasteiger partial charge in [-0.3, -0.25) is 9.78 Å². The summed E-state index contributed by atoms with van der Waals surface area (Å²) in [6.07, 6.45) is 2.48. The van der Waals surface area contributed by atoms with Crippen LogP contribution >= 0.6 is 11.8 Å². The number of hydrogen-bond donors (Lipinski definition) is 1. The monoisotopic (exact) mass is 306 g/mol. The smallest absolute Gasteiger partial charge is 0.277 e. The Morgan fingerprint density at radius 1 is 1.43 bits per heavy atom. The number of hydrogen-bond acceptors (Lipinski definition) is 6. The lowest BCUT2D eigenvalue weighted by molar-refractivity contribution is -0.119. The van der Waals surface area contributed by atoms with Gasteiger partial charge in [0, 0.05) is 31.3 Å². The summed E-state index contributed by atoms with van der Waals surface area (Å²) in [4.78, 5) is 16.2. The Morgan fingerprint density at radius 2 is 2.24 bits per heavy atom. The van der Waals surface area contributed by atoms with E-state index in [0.717, 1.165) is 11.3 Å². The summed E-state index contributed by atoms with van der Waals surface area (Å²) >= 11 is 1.23. The molecule has 0 saturated heterocycles. The Balaban J connectivity index is 1.78. The maximum Gasteiger partial charge on any atom is 0.277 e. The molecule has 7 heteroatoms. The molecule has 0 spiro atoms. The van der Waals surface area contributed by atoms with Crippen molar-refractivity contribution >= 4 is 17.7 Å². The van der Waals surface area contributed by atoms with Gasteiger partial charge in [-0.1, -0.05) is 17.8 Å². The normalized spacial score (nSPS) is 12.1. The van der Waals surface area contributed by atoms with E-state index in [2.05, 4.69) is 20.5 Å². The lowest BCUT2D eigenvalue weighted by Gasteiger charge is -2.14. The van der Waals surface area contributed by atoms with Crippen LogP contribution < -0.4 is 5.32 Å². The number of aryl methyl sites for hydroxylation is 2. The predicted octanol–water partition coefficient (Wildman–Crippen LogP) is 1.92. The number of nitrogens with zero attached hydrogens (tertiary/aromatic N) is 3. The molecule has 112 valence electrons. The second kappa shape index (κ2) is 7.21. The summed E-state index contributed by atoms with van der Waals surface area (Å²) in [6, 6.07) is 3.95. The van der Waals surface area contributed by atoms with Crippen LogP contribution in [0.4, 0.5) is 0 Å². The van der Waals surface area contributed by atoms with Gasteiger partial charge in [0.1, 0.15) is 0 Å². The SMILES string of the molecule is Cc1nnc(SCC(=O)N[C@@H](C)Cc2ncccc2C)o1. The number of pyridine rings is 1. The van der Waals surface area contributed by atoms with Crippen molar-refractivity contribution < 1.29 is 9.21 Å². The predicted molar refractivity (Wildman–Crippen MR) is 80.0 cm³/mol. The first-order valence-electron chi connectivity index (χ1n) is 6.67. The quantitative estimate of drug-likeness (QED) is 0.821. The summed E-state index contributed by atoms with van der Waals surface area (Å²) in [5, 5.41) is 10.9. The van der Waals surface area contributed by atoms with E-state index in [1.165, 1.54) is 11.8 Å². The van der Waals surface area contributed by atoms with E-state index in [1.54, 1.807) is 13.1 Å². The molecule has 0 fully saturated rings. The van der Waals surface area contributed by atoms with Gasteiger partial charge in [0.05, 0.1) is 5.75 Å². The summed E-state index contributed by atoms with van der Waals surface area (Å²) in [5.74, 6) is 0.696. The minimum Gasteiger partial charge on any atom is -0.416 e. The van der Waals surface area contributed by atoms with Gasteiger partial charge in [0.2, 0.25) is 11.8 Å². The molecule has 2 aromatic rings. The topological polar surface area (TPSA) is 80.9 Å².